The van der Waals surface area contributed by atoms with Gasteiger partial charge in [0.05, 0.1) is 0 Å². The van der Waals surface area contributed by atoms with Crippen LogP contribution in [-0.4, -0.2) is 30.2 Å². The van der Waals surface area contributed by atoms with Crippen LogP contribution in [0.1, 0.15) is 6.42 Å². The van der Waals surface area contributed by atoms with Crippen molar-refractivity contribution in [3.63, 3.8) is 0 Å². The molecule has 0 bridgehead atoms. The largest absolute Gasteiger partial charge is 0.274 e. The topological polar surface area (TPSA) is 89.3 Å². The van der Waals surface area contributed by atoms with Crippen LogP contribution >= 0.6 is 0 Å². The Morgan fingerprint density at radius 1 is 1.55 bits per heavy atom. The molecule has 0 aromatic heterocycles. The van der Waals surface area contributed by atoms with Gasteiger partial charge in [-0.1, -0.05) is 0 Å². The lowest BCUT2D eigenvalue weighted by Gasteiger charge is -2.06. The van der Waals surface area contributed by atoms with Gasteiger partial charge in [-0.2, -0.15) is 13.1 Å². The van der Waals surface area contributed by atoms with Crippen molar-refractivity contribution < 1.29 is 12.6 Å². The smallest absolute Gasteiger partial charge is 0.260 e. The third-order valence-corrected chi connectivity index (χ3v) is 3.54. The highest BCUT2D eigenvalue weighted by molar-refractivity contribution is 7.87. The van der Waals surface area contributed by atoms with Gasteiger partial charge in [0.15, 0.2) is 0 Å². The highest BCUT2D eigenvalue weighted by atomic mass is 32.2. The molecule has 1 fully saturated rings. The highest BCUT2D eigenvalue weighted by Crippen LogP contribution is 2.07. The van der Waals surface area contributed by atoms with E-state index in [1.54, 1.807) is 0 Å². The number of nitrogens with one attached hydrogen (secondary N) is 1. The molecule has 3 N–H and O–H groups in total. The van der Waals surface area contributed by atoms with Gasteiger partial charge in [0.2, 0.25) is 0 Å². The summed E-state index contributed by atoms with van der Waals surface area (Å²) in [5, 5.41) is 4.72. The minimum atomic E-state index is -3.62. The average molecular weight is 198 g/mol. The Balaban J connectivity index is 2.47. The quantitative estimate of drug-likeness (QED) is 0.554. The van der Waals surface area contributed by atoms with Crippen molar-refractivity contribution in [1.29, 1.82) is 0 Å². The fourth-order valence-electron chi connectivity index (χ4n) is 0.990. The summed E-state index contributed by atoms with van der Waals surface area (Å²) in [4.78, 5) is 0. The van der Waals surface area contributed by atoms with E-state index in [4.69, 9.17) is 5.14 Å². The van der Waals surface area contributed by atoms with Gasteiger partial charge in [0.25, 0.3) is 10.2 Å². The minimum Gasteiger partial charge on any atom is -0.260 e. The van der Waals surface area contributed by atoms with Crippen LogP contribution in [-0.2, 0) is 21.0 Å². The maximum Gasteiger partial charge on any atom is 0.274 e. The second-order valence-corrected chi connectivity index (χ2v) is 5.41. The zero-order valence-electron chi connectivity index (χ0n) is 5.82. The Hall–Kier alpha value is 0.0200. The Morgan fingerprint density at radius 3 is 2.55 bits per heavy atom. The summed E-state index contributed by atoms with van der Waals surface area (Å²) in [5.74, 6) is 0.948. The standard InChI is InChI=1S/C4H10N2O3S2/c5-11(8,9)6-4-1-2-10(7)3-4/h4,6H,1-3H2,(H2,5,8,9). The molecule has 5 nitrogen and oxygen atoms in total. The summed E-state index contributed by atoms with van der Waals surface area (Å²) in [6, 6.07) is -0.231. The third-order valence-electron chi connectivity index (χ3n) is 1.41. The second-order valence-electron chi connectivity index (χ2n) is 2.46. The van der Waals surface area contributed by atoms with Crippen LogP contribution in [0.3, 0.4) is 0 Å². The van der Waals surface area contributed by atoms with Gasteiger partial charge in [-0.25, -0.2) is 5.14 Å². The first-order valence-corrected chi connectivity index (χ1v) is 6.16. The van der Waals surface area contributed by atoms with Gasteiger partial charge in [0.1, 0.15) is 0 Å². The highest BCUT2D eigenvalue weighted by Gasteiger charge is 2.23. The normalized spacial score (nSPS) is 32.5. The van der Waals surface area contributed by atoms with Crippen molar-refractivity contribution in [2.24, 2.45) is 5.14 Å². The fraction of sp³-hybridized carbons (Fsp3) is 1.00. The van der Waals surface area contributed by atoms with E-state index in [0.717, 1.165) is 0 Å². The van der Waals surface area contributed by atoms with E-state index in [-0.39, 0.29) is 6.04 Å². The fourth-order valence-corrected chi connectivity index (χ4v) is 3.17. The van der Waals surface area contributed by atoms with Crippen molar-refractivity contribution in [1.82, 2.24) is 4.72 Å². The van der Waals surface area contributed by atoms with E-state index < -0.39 is 21.0 Å². The molecule has 1 aliphatic heterocycles. The number of nitrogens with two attached hydrogens (primary N) is 1. The van der Waals surface area contributed by atoms with Crippen LogP contribution < -0.4 is 9.86 Å². The maximum absolute atomic E-state index is 10.8. The monoisotopic (exact) mass is 198 g/mol. The Labute approximate surface area is 68.0 Å². The summed E-state index contributed by atoms with van der Waals surface area (Å²) >= 11 is 0. The number of rotatable bonds is 2. The molecule has 1 aliphatic rings. The van der Waals surface area contributed by atoms with Crippen LogP contribution in [0.15, 0.2) is 0 Å². The lowest BCUT2D eigenvalue weighted by Crippen LogP contribution is -2.39. The Bertz CT molecular complexity index is 261. The summed E-state index contributed by atoms with van der Waals surface area (Å²) < 4.78 is 33.9. The molecule has 1 heterocycles. The molecule has 0 amide bonds. The molecule has 1 saturated heterocycles. The number of hydrogen-bond acceptors (Lipinski definition) is 3. The second kappa shape index (κ2) is 3.18. The first kappa shape index (κ1) is 9.11. The minimum absolute atomic E-state index is 0.231. The number of hydrogen-bond donors (Lipinski definition) is 2. The first-order chi connectivity index (χ1) is 4.97. The van der Waals surface area contributed by atoms with E-state index in [9.17, 15) is 12.6 Å². The van der Waals surface area contributed by atoms with E-state index in [2.05, 4.69) is 4.72 Å². The van der Waals surface area contributed by atoms with Crippen LogP contribution in [0.5, 0.6) is 0 Å². The third kappa shape index (κ3) is 3.28. The molecule has 11 heavy (non-hydrogen) atoms. The molecule has 66 valence electrons. The van der Waals surface area contributed by atoms with Gasteiger partial charge >= 0.3 is 0 Å². The van der Waals surface area contributed by atoms with Crippen LogP contribution in [0.2, 0.25) is 0 Å². The maximum atomic E-state index is 10.8. The van der Waals surface area contributed by atoms with Crippen LogP contribution in [0.25, 0.3) is 0 Å². The summed E-state index contributed by atoms with van der Waals surface area (Å²) in [5.41, 5.74) is 0. The lowest BCUT2D eigenvalue weighted by molar-refractivity contribution is 0.564. The molecular weight excluding hydrogens is 188 g/mol. The molecule has 0 aromatic carbocycles. The van der Waals surface area contributed by atoms with Crippen molar-refractivity contribution in [2.75, 3.05) is 11.5 Å². The van der Waals surface area contributed by atoms with Gasteiger partial charge in [-0.05, 0) is 6.42 Å². The van der Waals surface area contributed by atoms with Gasteiger partial charge in [-0.15, -0.1) is 0 Å². The summed E-state index contributed by atoms with van der Waals surface area (Å²) in [6.45, 7) is 0. The van der Waals surface area contributed by atoms with Gasteiger partial charge in [0, 0.05) is 28.3 Å². The zero-order chi connectivity index (χ0) is 8.48. The molecule has 0 aromatic rings. The molecule has 0 aliphatic carbocycles. The SMILES string of the molecule is NS(=O)(=O)NC1CCS(=O)C1. The van der Waals surface area contributed by atoms with Gasteiger partial charge in [-0.3, -0.25) is 4.21 Å². The van der Waals surface area contributed by atoms with E-state index >= 15 is 0 Å². The molecule has 7 heteroatoms. The Morgan fingerprint density at radius 2 is 2.18 bits per heavy atom. The first-order valence-electron chi connectivity index (χ1n) is 3.12. The van der Waals surface area contributed by atoms with E-state index in [1.165, 1.54) is 0 Å². The predicted octanol–water partition coefficient (Wildman–Crippen LogP) is -1.70. The summed E-state index contributed by atoms with van der Waals surface area (Å²) in [7, 11) is -4.49. The lowest BCUT2D eigenvalue weighted by atomic mass is 10.3. The molecule has 1 rings (SSSR count). The molecule has 0 saturated carbocycles. The average Bonchev–Trinajstić information content (AvgIpc) is 2.10. The molecule has 2 atom stereocenters. The Kier molecular flexibility index (Phi) is 2.63. The molecule has 2 unspecified atom stereocenters. The molecule has 0 radical (unpaired) electrons. The van der Waals surface area contributed by atoms with Crippen molar-refractivity contribution in [3.05, 3.63) is 0 Å². The van der Waals surface area contributed by atoms with Crippen molar-refractivity contribution in [2.45, 2.75) is 12.5 Å². The van der Waals surface area contributed by atoms with Crippen molar-refractivity contribution in [3.8, 4) is 0 Å². The predicted molar refractivity (Wildman–Crippen MR) is 42.5 cm³/mol. The molecular formula is C4H10N2O3S2. The zero-order valence-corrected chi connectivity index (χ0v) is 7.45. The molecule has 0 spiro atoms. The summed E-state index contributed by atoms with van der Waals surface area (Å²) in [6.07, 6.45) is 0.614. The van der Waals surface area contributed by atoms with Crippen molar-refractivity contribution >= 4 is 21.0 Å². The van der Waals surface area contributed by atoms with E-state index in [0.29, 0.717) is 17.9 Å². The van der Waals surface area contributed by atoms with Gasteiger partial charge < -0.3 is 0 Å². The van der Waals surface area contributed by atoms with Crippen LogP contribution in [0.4, 0.5) is 0 Å². The van der Waals surface area contributed by atoms with E-state index in [1.807, 2.05) is 0 Å². The van der Waals surface area contributed by atoms with Crippen LogP contribution in [0, 0.1) is 0 Å².